The molecule has 0 unspecified atom stereocenters. The number of nitrogens with one attached hydrogen (secondary N) is 1. The van der Waals surface area contributed by atoms with Gasteiger partial charge < -0.3 is 24.3 Å². The molecule has 9 nitrogen and oxygen atoms in total. The monoisotopic (exact) mass is 436 g/mol. The van der Waals surface area contributed by atoms with E-state index in [0.29, 0.717) is 22.2 Å². The van der Waals surface area contributed by atoms with Crippen LogP contribution in [0.5, 0.6) is 11.5 Å². The van der Waals surface area contributed by atoms with Gasteiger partial charge in [0.1, 0.15) is 11.5 Å². The number of carbonyl (C=O) groups excluding carboxylic acids is 3. The molecule has 0 aliphatic carbocycles. The zero-order valence-corrected chi connectivity index (χ0v) is 17.6. The van der Waals surface area contributed by atoms with Gasteiger partial charge in [0.15, 0.2) is 6.61 Å². The molecule has 0 heterocycles. The van der Waals surface area contributed by atoms with Crippen LogP contribution in [0.2, 0.25) is 5.02 Å². The Morgan fingerprint density at radius 1 is 1.03 bits per heavy atom. The van der Waals surface area contributed by atoms with Crippen molar-refractivity contribution < 1.29 is 33.3 Å². The Balaban J connectivity index is 2.09. The highest BCUT2D eigenvalue weighted by atomic mass is 35.5. The first-order valence-corrected chi connectivity index (χ1v) is 8.99. The Morgan fingerprint density at radius 3 is 2.33 bits per heavy atom. The van der Waals surface area contributed by atoms with E-state index in [4.69, 9.17) is 25.8 Å². The molecule has 0 aliphatic heterocycles. The summed E-state index contributed by atoms with van der Waals surface area (Å²) in [6.07, 6.45) is -0.656. The lowest BCUT2D eigenvalue weighted by molar-refractivity contribution is -0.119. The number of anilines is 2. The second kappa shape index (κ2) is 10.4. The van der Waals surface area contributed by atoms with Gasteiger partial charge in [0.05, 0.1) is 43.3 Å². The molecule has 0 aromatic heterocycles. The number of nitrogens with zero attached hydrogens (tertiary/aromatic N) is 1. The molecule has 0 spiro atoms. The van der Waals surface area contributed by atoms with Crippen molar-refractivity contribution in [1.82, 2.24) is 0 Å². The summed E-state index contributed by atoms with van der Waals surface area (Å²) in [4.78, 5) is 37.6. The number of methoxy groups -OCH3 is 3. The molecule has 2 rings (SSSR count). The van der Waals surface area contributed by atoms with Crippen LogP contribution in [0.1, 0.15) is 10.4 Å². The van der Waals surface area contributed by atoms with Crippen LogP contribution in [-0.2, 0) is 14.3 Å². The molecule has 2 amide bonds. The summed E-state index contributed by atoms with van der Waals surface area (Å²) < 4.78 is 20.1. The minimum Gasteiger partial charge on any atom is -0.495 e. The largest absolute Gasteiger partial charge is 0.495 e. The summed E-state index contributed by atoms with van der Waals surface area (Å²) in [5, 5.41) is 2.88. The van der Waals surface area contributed by atoms with Crippen LogP contribution in [0.4, 0.5) is 16.2 Å². The molecule has 0 bridgehead atoms. The van der Waals surface area contributed by atoms with Crippen LogP contribution >= 0.6 is 11.6 Å². The van der Waals surface area contributed by atoms with Gasteiger partial charge in [0.2, 0.25) is 0 Å². The Bertz CT molecular complexity index is 949. The van der Waals surface area contributed by atoms with Crippen LogP contribution < -0.4 is 19.7 Å². The van der Waals surface area contributed by atoms with Gasteiger partial charge in [-0.15, -0.1) is 0 Å². The SMILES string of the molecule is COC(=O)N(C)c1ccccc1C(=O)OCC(=O)Nc1cc(OC)c(Cl)cc1OC. The van der Waals surface area contributed by atoms with Crippen molar-refractivity contribution in [2.45, 2.75) is 0 Å². The molecule has 0 atom stereocenters. The molecule has 30 heavy (non-hydrogen) atoms. The predicted molar refractivity (Wildman–Crippen MR) is 111 cm³/mol. The van der Waals surface area contributed by atoms with E-state index in [1.165, 1.54) is 46.6 Å². The Morgan fingerprint density at radius 2 is 1.70 bits per heavy atom. The van der Waals surface area contributed by atoms with Crippen LogP contribution in [-0.4, -0.2) is 53.0 Å². The normalized spacial score (nSPS) is 10.0. The van der Waals surface area contributed by atoms with Crippen molar-refractivity contribution >= 4 is 40.9 Å². The van der Waals surface area contributed by atoms with Gasteiger partial charge in [0.25, 0.3) is 5.91 Å². The summed E-state index contributed by atoms with van der Waals surface area (Å²) in [5.41, 5.74) is 0.674. The molecule has 2 aromatic carbocycles. The highest BCUT2D eigenvalue weighted by molar-refractivity contribution is 6.32. The van der Waals surface area contributed by atoms with Crippen molar-refractivity contribution in [1.29, 1.82) is 0 Å². The van der Waals surface area contributed by atoms with E-state index < -0.39 is 24.6 Å². The molecule has 0 saturated heterocycles. The quantitative estimate of drug-likeness (QED) is 0.663. The number of rotatable bonds is 7. The Labute approximate surface area is 178 Å². The second-order valence-electron chi connectivity index (χ2n) is 5.86. The number of para-hydroxylation sites is 1. The maximum Gasteiger partial charge on any atom is 0.413 e. The lowest BCUT2D eigenvalue weighted by atomic mass is 10.1. The van der Waals surface area contributed by atoms with Crippen molar-refractivity contribution in [3.05, 3.63) is 47.0 Å². The number of halogens is 1. The van der Waals surface area contributed by atoms with Gasteiger partial charge in [-0.05, 0) is 12.1 Å². The summed E-state index contributed by atoms with van der Waals surface area (Å²) in [7, 11) is 5.53. The van der Waals surface area contributed by atoms with Crippen molar-refractivity contribution in [2.24, 2.45) is 0 Å². The second-order valence-corrected chi connectivity index (χ2v) is 6.26. The highest BCUT2D eigenvalue weighted by Crippen LogP contribution is 2.35. The topological polar surface area (TPSA) is 103 Å². The van der Waals surface area contributed by atoms with E-state index in [9.17, 15) is 14.4 Å². The van der Waals surface area contributed by atoms with Gasteiger partial charge in [0, 0.05) is 19.2 Å². The number of esters is 1. The summed E-state index contributed by atoms with van der Waals surface area (Å²) in [5.74, 6) is -0.739. The zero-order valence-electron chi connectivity index (χ0n) is 16.9. The minimum absolute atomic E-state index is 0.101. The van der Waals surface area contributed by atoms with Gasteiger partial charge in [-0.25, -0.2) is 9.59 Å². The first-order chi connectivity index (χ1) is 14.3. The van der Waals surface area contributed by atoms with Crippen LogP contribution in [0.25, 0.3) is 0 Å². The third kappa shape index (κ3) is 5.32. The lowest BCUT2D eigenvalue weighted by Gasteiger charge is -2.18. The zero-order chi connectivity index (χ0) is 22.3. The number of hydrogen-bond acceptors (Lipinski definition) is 7. The van der Waals surface area contributed by atoms with Crippen LogP contribution in [0, 0.1) is 0 Å². The molecule has 0 fully saturated rings. The van der Waals surface area contributed by atoms with Gasteiger partial charge in [-0.1, -0.05) is 23.7 Å². The molecule has 2 aromatic rings. The third-order valence-electron chi connectivity index (χ3n) is 4.02. The fraction of sp³-hybridized carbons (Fsp3) is 0.250. The number of ether oxygens (including phenoxy) is 4. The van der Waals surface area contributed by atoms with E-state index in [2.05, 4.69) is 10.1 Å². The van der Waals surface area contributed by atoms with Crippen LogP contribution in [0.15, 0.2) is 36.4 Å². The molecule has 160 valence electrons. The maximum absolute atomic E-state index is 12.5. The average Bonchev–Trinajstić information content (AvgIpc) is 2.77. The number of hydrogen-bond donors (Lipinski definition) is 1. The maximum atomic E-state index is 12.5. The molecule has 1 N–H and O–H groups in total. The molecule has 10 heteroatoms. The van der Waals surface area contributed by atoms with E-state index >= 15 is 0 Å². The smallest absolute Gasteiger partial charge is 0.413 e. The summed E-state index contributed by atoms with van der Waals surface area (Å²) >= 11 is 6.04. The minimum atomic E-state index is -0.780. The van der Waals surface area contributed by atoms with E-state index in [1.54, 1.807) is 18.2 Å². The molecular weight excluding hydrogens is 416 g/mol. The van der Waals surface area contributed by atoms with Gasteiger partial charge in [-0.3, -0.25) is 9.69 Å². The number of benzene rings is 2. The van der Waals surface area contributed by atoms with Crippen molar-refractivity contribution in [3.63, 3.8) is 0 Å². The summed E-state index contributed by atoms with van der Waals surface area (Å²) in [6.45, 7) is -0.566. The molecule has 0 aliphatic rings. The fourth-order valence-electron chi connectivity index (χ4n) is 2.53. The fourth-order valence-corrected chi connectivity index (χ4v) is 2.76. The molecular formula is C20H21ClN2O7. The molecule has 0 saturated carbocycles. The number of carbonyl (C=O) groups is 3. The van der Waals surface area contributed by atoms with Gasteiger partial charge in [-0.2, -0.15) is 0 Å². The van der Waals surface area contributed by atoms with Crippen LogP contribution in [0.3, 0.4) is 0 Å². The van der Waals surface area contributed by atoms with E-state index in [-0.39, 0.29) is 11.3 Å². The standard InChI is InChI=1S/C20H21ClN2O7/c1-23(20(26)29-4)15-8-6-5-7-12(15)19(25)30-11-18(24)22-14-10-16(27-2)13(21)9-17(14)28-3/h5-10H,11H2,1-4H3,(H,22,24). The number of amides is 2. The van der Waals surface area contributed by atoms with E-state index in [0.717, 1.165) is 4.90 Å². The lowest BCUT2D eigenvalue weighted by Crippen LogP contribution is -2.28. The highest BCUT2D eigenvalue weighted by Gasteiger charge is 2.21. The van der Waals surface area contributed by atoms with Crippen molar-refractivity contribution in [3.8, 4) is 11.5 Å². The van der Waals surface area contributed by atoms with E-state index in [1.807, 2.05) is 0 Å². The Hall–Kier alpha value is -3.46. The first kappa shape index (κ1) is 22.8. The Kier molecular flexibility index (Phi) is 7.88. The predicted octanol–water partition coefficient (Wildman–Crippen LogP) is 3.36. The first-order valence-electron chi connectivity index (χ1n) is 8.61. The van der Waals surface area contributed by atoms with Gasteiger partial charge >= 0.3 is 12.1 Å². The van der Waals surface area contributed by atoms with Crippen molar-refractivity contribution in [2.75, 3.05) is 45.2 Å². The summed E-state index contributed by atoms with van der Waals surface area (Å²) in [6, 6.07) is 9.26. The average molecular weight is 437 g/mol. The molecule has 0 radical (unpaired) electrons. The third-order valence-corrected chi connectivity index (χ3v) is 4.31.